The van der Waals surface area contributed by atoms with E-state index in [1.165, 1.54) is 10.7 Å². The van der Waals surface area contributed by atoms with Gasteiger partial charge in [-0.05, 0) is 48.9 Å². The Balaban J connectivity index is 1.61. The summed E-state index contributed by atoms with van der Waals surface area (Å²) in [7, 11) is 0. The van der Waals surface area contributed by atoms with Crippen LogP contribution in [0.4, 0.5) is 19.0 Å². The van der Waals surface area contributed by atoms with Crippen LogP contribution in [0, 0.1) is 24.4 Å². The van der Waals surface area contributed by atoms with Gasteiger partial charge in [-0.1, -0.05) is 0 Å². The first kappa shape index (κ1) is 20.6. The molecule has 0 amide bonds. The van der Waals surface area contributed by atoms with Gasteiger partial charge < -0.3 is 5.73 Å². The monoisotopic (exact) mass is 447 g/mol. The summed E-state index contributed by atoms with van der Waals surface area (Å²) in [6, 6.07) is 8.69. The molecule has 33 heavy (non-hydrogen) atoms. The number of nitrogens with zero attached hydrogens (tertiary/aromatic N) is 6. The molecule has 0 saturated heterocycles. The lowest BCUT2D eigenvalue weighted by Crippen LogP contribution is -2.05. The van der Waals surface area contributed by atoms with Crippen molar-refractivity contribution in [3.63, 3.8) is 0 Å². The Bertz CT molecular complexity index is 1510. The average Bonchev–Trinajstić information content (AvgIpc) is 3.18. The van der Waals surface area contributed by atoms with Crippen molar-refractivity contribution in [1.82, 2.24) is 29.5 Å². The second-order valence-electron chi connectivity index (χ2n) is 7.37. The van der Waals surface area contributed by atoms with Crippen LogP contribution in [0.2, 0.25) is 0 Å². The van der Waals surface area contributed by atoms with E-state index in [-0.39, 0.29) is 23.9 Å². The van der Waals surface area contributed by atoms with Crippen LogP contribution in [0.25, 0.3) is 28.2 Å². The Morgan fingerprint density at radius 2 is 1.79 bits per heavy atom. The van der Waals surface area contributed by atoms with Crippen molar-refractivity contribution in [3.05, 3.63) is 89.5 Å². The third kappa shape index (κ3) is 3.65. The Kier molecular flexibility index (Phi) is 4.97. The highest BCUT2D eigenvalue weighted by molar-refractivity contribution is 5.78. The van der Waals surface area contributed by atoms with Gasteiger partial charge in [-0.3, -0.25) is 4.98 Å². The van der Waals surface area contributed by atoms with Gasteiger partial charge in [0.1, 0.15) is 23.2 Å². The number of nitrogen functional groups attached to an aromatic ring is 1. The molecule has 0 bridgehead atoms. The molecular weight excluding hydrogens is 431 g/mol. The number of fused-ring (bicyclic) bond motifs is 1. The van der Waals surface area contributed by atoms with Crippen molar-refractivity contribution in [2.45, 2.75) is 13.3 Å². The van der Waals surface area contributed by atoms with Gasteiger partial charge in [-0.25, -0.2) is 32.6 Å². The Labute approximate surface area is 185 Å². The van der Waals surface area contributed by atoms with Crippen molar-refractivity contribution in [3.8, 4) is 22.6 Å². The summed E-state index contributed by atoms with van der Waals surface area (Å²) in [5.74, 6) is -2.63. The zero-order chi connectivity index (χ0) is 23.1. The van der Waals surface area contributed by atoms with E-state index in [1.807, 2.05) is 13.0 Å². The van der Waals surface area contributed by atoms with E-state index in [2.05, 4.69) is 25.0 Å². The number of nitrogens with two attached hydrogens (primary N) is 1. The number of pyridine rings is 1. The zero-order valence-electron chi connectivity index (χ0n) is 17.3. The molecule has 1 aromatic carbocycles. The minimum atomic E-state index is -1.26. The largest absolute Gasteiger partial charge is 0.383 e. The van der Waals surface area contributed by atoms with Gasteiger partial charge in [0.25, 0.3) is 0 Å². The Hall–Kier alpha value is -4.34. The highest BCUT2D eigenvalue weighted by Gasteiger charge is 2.21. The number of hydrogen-bond acceptors (Lipinski definition) is 6. The van der Waals surface area contributed by atoms with Gasteiger partial charge in [0.2, 0.25) is 0 Å². The number of aromatic nitrogens is 6. The molecule has 5 rings (SSSR count). The molecule has 0 unspecified atom stereocenters. The Morgan fingerprint density at radius 3 is 2.58 bits per heavy atom. The number of anilines is 1. The van der Waals surface area contributed by atoms with Crippen LogP contribution in [-0.4, -0.2) is 29.5 Å². The maximum absolute atomic E-state index is 14.2. The predicted octanol–water partition coefficient (Wildman–Crippen LogP) is 4.15. The van der Waals surface area contributed by atoms with Crippen LogP contribution in [0.1, 0.15) is 17.1 Å². The minimum Gasteiger partial charge on any atom is -0.383 e. The number of hydrogen-bond donors (Lipinski definition) is 1. The third-order valence-electron chi connectivity index (χ3n) is 5.19. The molecule has 164 valence electrons. The van der Waals surface area contributed by atoms with E-state index in [0.717, 1.165) is 23.4 Å². The molecule has 0 aliphatic carbocycles. The van der Waals surface area contributed by atoms with Gasteiger partial charge in [-0.15, -0.1) is 0 Å². The van der Waals surface area contributed by atoms with Gasteiger partial charge in [0.15, 0.2) is 17.5 Å². The van der Waals surface area contributed by atoms with Crippen LogP contribution < -0.4 is 5.73 Å². The Morgan fingerprint density at radius 1 is 0.970 bits per heavy atom. The van der Waals surface area contributed by atoms with Crippen molar-refractivity contribution < 1.29 is 13.2 Å². The molecule has 4 heterocycles. The third-order valence-corrected chi connectivity index (χ3v) is 5.19. The van der Waals surface area contributed by atoms with Crippen LogP contribution >= 0.6 is 0 Å². The highest BCUT2D eigenvalue weighted by Crippen LogP contribution is 2.29. The standard InChI is InChI=1S/C23H16F3N7/c1-12-9-13(6-8-28-12)15-11-29-23(32-22(15)27)21-18-3-2-7-30-33(18)19(31-21)10-14-16(24)4-5-17(25)20(14)26/h2-9,11H,10H2,1H3,(H2,27,29,32). The number of imidazole rings is 1. The smallest absolute Gasteiger partial charge is 0.182 e. The first-order valence-corrected chi connectivity index (χ1v) is 9.93. The van der Waals surface area contributed by atoms with Gasteiger partial charge in [0, 0.05) is 41.8 Å². The summed E-state index contributed by atoms with van der Waals surface area (Å²) < 4.78 is 43.6. The quantitative estimate of drug-likeness (QED) is 0.416. The van der Waals surface area contributed by atoms with E-state index >= 15 is 0 Å². The fourth-order valence-electron chi connectivity index (χ4n) is 3.60. The van der Waals surface area contributed by atoms with Gasteiger partial charge in [-0.2, -0.15) is 5.10 Å². The fraction of sp³-hybridized carbons (Fsp3) is 0.0870. The van der Waals surface area contributed by atoms with Crippen LogP contribution in [0.3, 0.4) is 0 Å². The van der Waals surface area contributed by atoms with Crippen LogP contribution in [0.15, 0.2) is 55.0 Å². The number of aryl methyl sites for hydroxylation is 1. The lowest BCUT2D eigenvalue weighted by Gasteiger charge is -2.06. The summed E-state index contributed by atoms with van der Waals surface area (Å²) in [5, 5.41) is 4.22. The molecule has 4 aromatic heterocycles. The number of benzene rings is 1. The van der Waals surface area contributed by atoms with E-state index in [1.54, 1.807) is 30.6 Å². The van der Waals surface area contributed by atoms with E-state index in [4.69, 9.17) is 5.73 Å². The second-order valence-corrected chi connectivity index (χ2v) is 7.37. The van der Waals surface area contributed by atoms with E-state index in [0.29, 0.717) is 16.8 Å². The van der Waals surface area contributed by atoms with E-state index in [9.17, 15) is 13.2 Å². The molecule has 7 nitrogen and oxygen atoms in total. The zero-order valence-corrected chi connectivity index (χ0v) is 17.3. The molecule has 5 aromatic rings. The first-order chi connectivity index (χ1) is 15.9. The van der Waals surface area contributed by atoms with Crippen LogP contribution in [-0.2, 0) is 6.42 Å². The molecule has 0 atom stereocenters. The summed E-state index contributed by atoms with van der Waals surface area (Å²) in [6.07, 6.45) is 4.44. The van der Waals surface area contributed by atoms with Crippen LogP contribution in [0.5, 0.6) is 0 Å². The second kappa shape index (κ2) is 7.97. The molecule has 0 fully saturated rings. The predicted molar refractivity (Wildman–Crippen MR) is 116 cm³/mol. The maximum Gasteiger partial charge on any atom is 0.182 e. The number of rotatable bonds is 4. The molecule has 0 saturated carbocycles. The molecule has 0 radical (unpaired) electrons. The van der Waals surface area contributed by atoms with Crippen molar-refractivity contribution >= 4 is 11.3 Å². The molecule has 2 N–H and O–H groups in total. The first-order valence-electron chi connectivity index (χ1n) is 9.93. The summed E-state index contributed by atoms with van der Waals surface area (Å²) >= 11 is 0. The lowest BCUT2D eigenvalue weighted by atomic mass is 10.1. The molecular formula is C23H16F3N7. The van der Waals surface area contributed by atoms with Crippen molar-refractivity contribution in [2.24, 2.45) is 0 Å². The fourth-order valence-corrected chi connectivity index (χ4v) is 3.60. The molecule has 10 heteroatoms. The average molecular weight is 447 g/mol. The molecule has 0 aliphatic rings. The topological polar surface area (TPSA) is 94.9 Å². The van der Waals surface area contributed by atoms with E-state index < -0.39 is 23.0 Å². The molecule has 0 spiro atoms. The lowest BCUT2D eigenvalue weighted by molar-refractivity contribution is 0.481. The summed E-state index contributed by atoms with van der Waals surface area (Å²) in [6.45, 7) is 1.87. The summed E-state index contributed by atoms with van der Waals surface area (Å²) in [5.41, 5.74) is 8.89. The minimum absolute atomic E-state index is 0.194. The highest BCUT2D eigenvalue weighted by atomic mass is 19.2. The number of halogens is 3. The van der Waals surface area contributed by atoms with Crippen molar-refractivity contribution in [1.29, 1.82) is 0 Å². The molecule has 0 aliphatic heterocycles. The van der Waals surface area contributed by atoms with Gasteiger partial charge >= 0.3 is 0 Å². The summed E-state index contributed by atoms with van der Waals surface area (Å²) in [4.78, 5) is 17.5. The normalized spacial score (nSPS) is 11.3. The van der Waals surface area contributed by atoms with Crippen molar-refractivity contribution in [2.75, 3.05) is 5.73 Å². The van der Waals surface area contributed by atoms with Gasteiger partial charge in [0.05, 0.1) is 5.52 Å². The maximum atomic E-state index is 14.2. The SMILES string of the molecule is Cc1cc(-c2cnc(-c3nc(Cc4c(F)ccc(F)c4F)n4ncccc34)nc2N)ccn1.